The van der Waals surface area contributed by atoms with Crippen LogP contribution in [-0.4, -0.2) is 36.4 Å². The summed E-state index contributed by atoms with van der Waals surface area (Å²) in [7, 11) is -3.98. The molecule has 0 saturated carbocycles. The van der Waals surface area contributed by atoms with Crippen molar-refractivity contribution >= 4 is 50.8 Å². The number of hydrogen-bond donors (Lipinski definition) is 1. The molecule has 116 valence electrons. The Balaban J connectivity index is 2.47. The van der Waals surface area contributed by atoms with E-state index in [-0.39, 0.29) is 32.9 Å². The minimum Gasteiger partial charge on any atom is -0.481 e. The lowest BCUT2D eigenvalue weighted by molar-refractivity contribution is -0.142. The van der Waals surface area contributed by atoms with Gasteiger partial charge in [-0.25, -0.2) is 8.42 Å². The van der Waals surface area contributed by atoms with Crippen molar-refractivity contribution in [2.24, 2.45) is 5.92 Å². The van der Waals surface area contributed by atoms with Crippen molar-refractivity contribution in [2.75, 3.05) is 6.54 Å². The molecule has 1 saturated heterocycles. The molecule has 9 heteroatoms. The lowest BCUT2D eigenvalue weighted by atomic mass is 10.0. The Kier molecular flexibility index (Phi) is 4.75. The predicted molar refractivity (Wildman–Crippen MR) is 80.6 cm³/mol. The maximum atomic E-state index is 12.7. The van der Waals surface area contributed by atoms with E-state index in [4.69, 9.17) is 39.9 Å². The predicted octanol–water partition coefficient (Wildman–Crippen LogP) is 3.13. The van der Waals surface area contributed by atoms with Gasteiger partial charge in [0.1, 0.15) is 4.90 Å². The largest absolute Gasteiger partial charge is 0.481 e. The summed E-state index contributed by atoms with van der Waals surface area (Å²) in [5, 5.41) is 9.15. The highest BCUT2D eigenvalue weighted by atomic mass is 35.5. The minimum atomic E-state index is -3.98. The van der Waals surface area contributed by atoms with Crippen LogP contribution >= 0.6 is 34.8 Å². The molecular formula is C12H12Cl3NO4S. The molecule has 0 radical (unpaired) electrons. The van der Waals surface area contributed by atoms with E-state index in [0.29, 0.717) is 0 Å². The summed E-state index contributed by atoms with van der Waals surface area (Å²) < 4.78 is 26.5. The number of nitrogens with zero attached hydrogens (tertiary/aromatic N) is 1. The summed E-state index contributed by atoms with van der Waals surface area (Å²) >= 11 is 17.7. The first-order valence-electron chi connectivity index (χ1n) is 6.05. The van der Waals surface area contributed by atoms with Crippen LogP contribution in [0, 0.1) is 5.92 Å². The molecule has 2 atom stereocenters. The zero-order valence-electron chi connectivity index (χ0n) is 10.9. The topological polar surface area (TPSA) is 74.7 Å². The Morgan fingerprint density at radius 2 is 1.81 bits per heavy atom. The number of aliphatic carboxylic acids is 1. The average Bonchev–Trinajstić information content (AvgIpc) is 2.69. The highest BCUT2D eigenvalue weighted by molar-refractivity contribution is 7.89. The van der Waals surface area contributed by atoms with Gasteiger partial charge < -0.3 is 5.11 Å². The molecule has 2 unspecified atom stereocenters. The summed E-state index contributed by atoms with van der Waals surface area (Å²) in [4.78, 5) is 10.9. The third-order valence-corrected chi connectivity index (χ3v) is 6.67. The van der Waals surface area contributed by atoms with Gasteiger partial charge in [0.25, 0.3) is 0 Å². The van der Waals surface area contributed by atoms with E-state index >= 15 is 0 Å². The second-order valence-corrected chi connectivity index (χ2v) is 7.87. The number of hydrogen-bond acceptors (Lipinski definition) is 3. The number of rotatable bonds is 3. The Bertz CT molecular complexity index is 669. The van der Waals surface area contributed by atoms with E-state index in [1.54, 1.807) is 6.92 Å². The molecule has 2 rings (SSSR count). The van der Waals surface area contributed by atoms with Gasteiger partial charge in [-0.3, -0.25) is 4.79 Å². The Labute approximate surface area is 137 Å². The SMILES string of the molecule is CC1C(C(=O)O)CCN1S(=O)(=O)c1c(Cl)cc(Cl)cc1Cl. The van der Waals surface area contributed by atoms with Crippen molar-refractivity contribution in [1.29, 1.82) is 0 Å². The van der Waals surface area contributed by atoms with Gasteiger partial charge in [-0.15, -0.1) is 0 Å². The minimum absolute atomic E-state index is 0.0847. The van der Waals surface area contributed by atoms with Crippen molar-refractivity contribution in [2.45, 2.75) is 24.3 Å². The first-order valence-corrected chi connectivity index (χ1v) is 8.63. The van der Waals surface area contributed by atoms with Crippen LogP contribution < -0.4 is 0 Å². The fraction of sp³-hybridized carbons (Fsp3) is 0.417. The van der Waals surface area contributed by atoms with Crippen LogP contribution in [0.2, 0.25) is 15.1 Å². The van der Waals surface area contributed by atoms with Gasteiger partial charge >= 0.3 is 5.97 Å². The zero-order valence-corrected chi connectivity index (χ0v) is 14.0. The fourth-order valence-corrected chi connectivity index (χ4v) is 5.65. The molecular weight excluding hydrogens is 361 g/mol. The van der Waals surface area contributed by atoms with E-state index in [0.717, 1.165) is 4.31 Å². The summed E-state index contributed by atoms with van der Waals surface area (Å²) in [6.07, 6.45) is 0.249. The number of carboxylic acid groups (broad SMARTS) is 1. The highest BCUT2D eigenvalue weighted by Crippen LogP contribution is 2.38. The molecule has 0 spiro atoms. The van der Waals surface area contributed by atoms with Gasteiger partial charge in [0.15, 0.2) is 0 Å². The van der Waals surface area contributed by atoms with Gasteiger partial charge in [0.05, 0.1) is 16.0 Å². The maximum absolute atomic E-state index is 12.7. The third-order valence-electron chi connectivity index (χ3n) is 3.54. The van der Waals surface area contributed by atoms with Gasteiger partial charge in [-0.05, 0) is 25.5 Å². The van der Waals surface area contributed by atoms with E-state index in [1.165, 1.54) is 12.1 Å². The van der Waals surface area contributed by atoms with E-state index in [9.17, 15) is 13.2 Å². The molecule has 1 aliphatic heterocycles. The number of benzene rings is 1. The Morgan fingerprint density at radius 1 is 1.29 bits per heavy atom. The lowest BCUT2D eigenvalue weighted by Crippen LogP contribution is -2.37. The van der Waals surface area contributed by atoms with Crippen LogP contribution in [0.15, 0.2) is 17.0 Å². The van der Waals surface area contributed by atoms with Crippen LogP contribution in [0.4, 0.5) is 0 Å². The van der Waals surface area contributed by atoms with Crippen molar-refractivity contribution in [3.05, 3.63) is 27.2 Å². The van der Waals surface area contributed by atoms with E-state index < -0.39 is 28.0 Å². The number of sulfonamides is 1. The summed E-state index contributed by atoms with van der Waals surface area (Å²) in [6, 6.07) is 1.91. The third kappa shape index (κ3) is 3.00. The van der Waals surface area contributed by atoms with Gasteiger partial charge in [-0.2, -0.15) is 4.31 Å². The molecule has 0 aromatic heterocycles. The van der Waals surface area contributed by atoms with Crippen LogP contribution in [0.25, 0.3) is 0 Å². The quantitative estimate of drug-likeness (QED) is 0.884. The van der Waals surface area contributed by atoms with Crippen LogP contribution in [0.5, 0.6) is 0 Å². The monoisotopic (exact) mass is 371 g/mol. The summed E-state index contributed by atoms with van der Waals surface area (Å²) in [6.45, 7) is 1.66. The van der Waals surface area contributed by atoms with Crippen LogP contribution in [-0.2, 0) is 14.8 Å². The highest BCUT2D eigenvalue weighted by Gasteiger charge is 2.43. The van der Waals surface area contributed by atoms with Crippen molar-refractivity contribution in [3.8, 4) is 0 Å². The standard InChI is InChI=1S/C12H12Cl3NO4S/c1-6-8(12(17)18)2-3-16(6)21(19,20)11-9(14)4-7(13)5-10(11)15/h4-6,8H,2-3H2,1H3,(H,17,18). The van der Waals surface area contributed by atoms with Gasteiger partial charge in [-0.1, -0.05) is 34.8 Å². The molecule has 1 fully saturated rings. The molecule has 1 aromatic rings. The molecule has 1 aliphatic rings. The molecule has 1 heterocycles. The normalized spacial score (nSPS) is 23.4. The molecule has 0 aliphatic carbocycles. The fourth-order valence-electron chi connectivity index (χ4n) is 2.47. The molecule has 1 aromatic carbocycles. The number of halogens is 3. The van der Waals surface area contributed by atoms with Crippen LogP contribution in [0.3, 0.4) is 0 Å². The van der Waals surface area contributed by atoms with Gasteiger partial charge in [0.2, 0.25) is 10.0 Å². The summed E-state index contributed by atoms with van der Waals surface area (Å²) in [5.41, 5.74) is 0. The lowest BCUT2D eigenvalue weighted by Gasteiger charge is -2.23. The summed E-state index contributed by atoms with van der Waals surface area (Å²) in [5.74, 6) is -1.77. The molecule has 21 heavy (non-hydrogen) atoms. The Morgan fingerprint density at radius 3 is 2.24 bits per heavy atom. The molecule has 0 amide bonds. The van der Waals surface area contributed by atoms with Crippen molar-refractivity contribution in [1.82, 2.24) is 4.31 Å². The Hall–Kier alpha value is -0.530. The maximum Gasteiger partial charge on any atom is 0.308 e. The van der Waals surface area contributed by atoms with Crippen LogP contribution in [0.1, 0.15) is 13.3 Å². The first kappa shape index (κ1) is 16.8. The molecule has 5 nitrogen and oxygen atoms in total. The first-order chi connectivity index (χ1) is 9.66. The van der Waals surface area contributed by atoms with Crippen molar-refractivity contribution in [3.63, 3.8) is 0 Å². The van der Waals surface area contributed by atoms with Crippen molar-refractivity contribution < 1.29 is 18.3 Å². The molecule has 1 N–H and O–H groups in total. The smallest absolute Gasteiger partial charge is 0.308 e. The van der Waals surface area contributed by atoms with Gasteiger partial charge in [0, 0.05) is 17.6 Å². The molecule has 0 bridgehead atoms. The number of carbonyl (C=O) groups is 1. The number of carboxylic acids is 1. The second kappa shape index (κ2) is 5.93. The van der Waals surface area contributed by atoms with E-state index in [2.05, 4.69) is 0 Å². The van der Waals surface area contributed by atoms with E-state index in [1.807, 2.05) is 0 Å². The zero-order chi connectivity index (χ0) is 15.9. The average molecular weight is 373 g/mol. The second-order valence-electron chi connectivity index (χ2n) is 4.79.